The molecule has 0 atom stereocenters. The van der Waals surface area contributed by atoms with Crippen molar-refractivity contribution in [1.82, 2.24) is 18.8 Å². The average molecular weight is 551 g/mol. The summed E-state index contributed by atoms with van der Waals surface area (Å²) in [5.74, 6) is 0.753. The van der Waals surface area contributed by atoms with Crippen molar-refractivity contribution in [2.24, 2.45) is 0 Å². The predicted octanol–water partition coefficient (Wildman–Crippen LogP) is 3.73. The molecular formula is C25H31ClN4O4S2. The van der Waals surface area contributed by atoms with E-state index in [0.29, 0.717) is 36.8 Å². The highest BCUT2D eigenvalue weighted by atomic mass is 35.5. The third-order valence-corrected chi connectivity index (χ3v) is 9.73. The summed E-state index contributed by atoms with van der Waals surface area (Å²) in [5, 5.41) is 1.61. The Balaban J connectivity index is 1.39. The van der Waals surface area contributed by atoms with Crippen LogP contribution in [0, 0.1) is 0 Å². The number of nitrogens with zero attached hydrogens (tertiary/aromatic N) is 4. The third kappa shape index (κ3) is 6.07. The van der Waals surface area contributed by atoms with Crippen LogP contribution in [0.4, 0.5) is 0 Å². The molecule has 3 heterocycles. The van der Waals surface area contributed by atoms with Gasteiger partial charge in [0.2, 0.25) is 10.0 Å². The first-order valence-corrected chi connectivity index (χ1v) is 15.1. The van der Waals surface area contributed by atoms with Crippen molar-refractivity contribution in [3.63, 3.8) is 0 Å². The number of imidazole rings is 1. The largest absolute Gasteiger partial charge is 0.379 e. The lowest BCUT2D eigenvalue weighted by Gasteiger charge is -2.26. The number of morpholine rings is 2. The van der Waals surface area contributed by atoms with Crippen LogP contribution in [0.1, 0.15) is 12.0 Å². The lowest BCUT2D eigenvalue weighted by molar-refractivity contribution is 0.0369. The number of fused-ring (bicyclic) bond motifs is 1. The van der Waals surface area contributed by atoms with E-state index in [1.165, 1.54) is 4.31 Å². The van der Waals surface area contributed by atoms with E-state index in [1.807, 2.05) is 30.3 Å². The van der Waals surface area contributed by atoms with E-state index in [9.17, 15) is 8.42 Å². The number of benzene rings is 2. The first-order valence-electron chi connectivity index (χ1n) is 12.3. The first-order chi connectivity index (χ1) is 17.5. The average Bonchev–Trinajstić information content (AvgIpc) is 3.26. The summed E-state index contributed by atoms with van der Waals surface area (Å²) in [6.45, 7) is 6.90. The molecule has 11 heteroatoms. The van der Waals surface area contributed by atoms with Gasteiger partial charge in [-0.3, -0.25) is 4.90 Å². The Kier molecular flexibility index (Phi) is 8.52. The minimum atomic E-state index is -3.58. The molecule has 2 saturated heterocycles. The molecule has 36 heavy (non-hydrogen) atoms. The van der Waals surface area contributed by atoms with E-state index >= 15 is 0 Å². The number of hydrogen-bond donors (Lipinski definition) is 0. The second kappa shape index (κ2) is 11.8. The molecule has 0 amide bonds. The monoisotopic (exact) mass is 550 g/mol. The number of thioether (sulfide) groups is 1. The van der Waals surface area contributed by atoms with Crippen molar-refractivity contribution in [3.05, 3.63) is 53.1 Å². The Hall–Kier alpha value is -1.66. The van der Waals surface area contributed by atoms with Crippen LogP contribution in [0.5, 0.6) is 0 Å². The zero-order chi connectivity index (χ0) is 25.0. The molecular weight excluding hydrogens is 520 g/mol. The molecule has 0 aliphatic carbocycles. The molecule has 194 valence electrons. The molecule has 0 saturated carbocycles. The molecule has 0 spiro atoms. The van der Waals surface area contributed by atoms with Crippen molar-refractivity contribution in [2.45, 2.75) is 28.8 Å². The smallest absolute Gasteiger partial charge is 0.243 e. The molecule has 2 fully saturated rings. The Bertz CT molecular complexity index is 1270. The zero-order valence-corrected chi connectivity index (χ0v) is 22.5. The van der Waals surface area contributed by atoms with Gasteiger partial charge in [-0.2, -0.15) is 4.31 Å². The number of hydrogen-bond acceptors (Lipinski definition) is 7. The maximum atomic E-state index is 13.2. The summed E-state index contributed by atoms with van der Waals surface area (Å²) in [6.07, 6.45) is 0.980. The van der Waals surface area contributed by atoms with E-state index in [0.717, 1.165) is 67.8 Å². The van der Waals surface area contributed by atoms with Crippen molar-refractivity contribution in [2.75, 3.05) is 59.2 Å². The lowest BCUT2D eigenvalue weighted by atomic mass is 10.2. The van der Waals surface area contributed by atoms with Crippen LogP contribution in [0.3, 0.4) is 0 Å². The van der Waals surface area contributed by atoms with Gasteiger partial charge in [0.15, 0.2) is 5.16 Å². The summed E-state index contributed by atoms with van der Waals surface area (Å²) >= 11 is 7.70. The minimum Gasteiger partial charge on any atom is -0.379 e. The van der Waals surface area contributed by atoms with Gasteiger partial charge in [-0.1, -0.05) is 35.5 Å². The second-order valence-corrected chi connectivity index (χ2v) is 12.3. The molecule has 5 rings (SSSR count). The molecule has 2 aliphatic rings. The van der Waals surface area contributed by atoms with Crippen molar-refractivity contribution in [3.8, 4) is 0 Å². The van der Waals surface area contributed by atoms with Crippen LogP contribution in [0.25, 0.3) is 11.0 Å². The summed E-state index contributed by atoms with van der Waals surface area (Å²) in [6, 6.07) is 13.2. The number of ether oxygens (including phenoxy) is 2. The molecule has 0 unspecified atom stereocenters. The van der Waals surface area contributed by atoms with Crippen LogP contribution in [-0.2, 0) is 31.8 Å². The first kappa shape index (κ1) is 26.0. The van der Waals surface area contributed by atoms with Gasteiger partial charge in [-0.05, 0) is 42.3 Å². The van der Waals surface area contributed by atoms with Crippen molar-refractivity contribution in [1.29, 1.82) is 0 Å². The van der Waals surface area contributed by atoms with Gasteiger partial charge in [0.05, 0.1) is 42.4 Å². The highest BCUT2D eigenvalue weighted by Crippen LogP contribution is 2.30. The molecule has 2 aromatic carbocycles. The van der Waals surface area contributed by atoms with Gasteiger partial charge < -0.3 is 14.0 Å². The summed E-state index contributed by atoms with van der Waals surface area (Å²) in [4.78, 5) is 7.60. The summed E-state index contributed by atoms with van der Waals surface area (Å²) < 4.78 is 40.9. The van der Waals surface area contributed by atoms with Crippen LogP contribution < -0.4 is 0 Å². The maximum Gasteiger partial charge on any atom is 0.243 e. The van der Waals surface area contributed by atoms with Crippen molar-refractivity contribution < 1.29 is 17.9 Å². The van der Waals surface area contributed by atoms with Gasteiger partial charge >= 0.3 is 0 Å². The molecule has 0 bridgehead atoms. The Morgan fingerprint density at radius 2 is 1.61 bits per heavy atom. The highest BCUT2D eigenvalue weighted by Gasteiger charge is 2.27. The van der Waals surface area contributed by atoms with E-state index in [2.05, 4.69) is 9.47 Å². The normalized spacial score (nSPS) is 18.1. The fraction of sp³-hybridized carbons (Fsp3) is 0.480. The maximum absolute atomic E-state index is 13.2. The molecule has 3 aromatic rings. The van der Waals surface area contributed by atoms with E-state index < -0.39 is 10.0 Å². The third-order valence-electron chi connectivity index (χ3n) is 6.53. The van der Waals surface area contributed by atoms with Gasteiger partial charge in [-0.25, -0.2) is 13.4 Å². The fourth-order valence-corrected chi connectivity index (χ4v) is 7.07. The molecule has 8 nitrogen and oxygen atoms in total. The fourth-order valence-electron chi connectivity index (χ4n) is 4.52. The molecule has 1 aromatic heterocycles. The predicted molar refractivity (Wildman–Crippen MR) is 142 cm³/mol. The zero-order valence-electron chi connectivity index (χ0n) is 20.1. The van der Waals surface area contributed by atoms with E-state index in [4.69, 9.17) is 26.1 Å². The quantitative estimate of drug-likeness (QED) is 0.376. The summed E-state index contributed by atoms with van der Waals surface area (Å²) in [7, 11) is -3.58. The summed E-state index contributed by atoms with van der Waals surface area (Å²) in [5.41, 5.74) is 2.82. The Morgan fingerprint density at radius 1 is 0.917 bits per heavy atom. The Morgan fingerprint density at radius 3 is 2.33 bits per heavy atom. The van der Waals surface area contributed by atoms with Gasteiger partial charge in [-0.15, -0.1) is 0 Å². The highest BCUT2D eigenvalue weighted by molar-refractivity contribution is 7.98. The lowest BCUT2D eigenvalue weighted by Crippen LogP contribution is -2.40. The van der Waals surface area contributed by atoms with Crippen LogP contribution in [-0.4, -0.2) is 86.3 Å². The second-order valence-electron chi connectivity index (χ2n) is 8.94. The van der Waals surface area contributed by atoms with Crippen LogP contribution >= 0.6 is 23.4 Å². The molecule has 0 N–H and O–H groups in total. The number of aromatic nitrogens is 2. The standard InChI is InChI=1S/C25H31ClN4O4S2/c26-21-4-2-20(3-5-21)19-35-25-27-23-18-22(36(31,32)29-12-16-34-17-13-29)6-7-24(23)30(25)9-1-8-28-10-14-33-15-11-28/h2-7,18H,1,8-17,19H2. The van der Waals surface area contributed by atoms with E-state index in [1.54, 1.807) is 23.9 Å². The van der Waals surface area contributed by atoms with Gasteiger partial charge in [0.25, 0.3) is 0 Å². The number of sulfonamides is 1. The molecule has 2 aliphatic heterocycles. The Labute approximate surface area is 221 Å². The number of halogens is 1. The SMILES string of the molecule is O=S(=O)(c1ccc2c(c1)nc(SCc1ccc(Cl)cc1)n2CCCN1CCOCC1)N1CCOCC1. The van der Waals surface area contributed by atoms with Gasteiger partial charge in [0, 0.05) is 50.0 Å². The van der Waals surface area contributed by atoms with Crippen LogP contribution in [0.15, 0.2) is 52.5 Å². The molecule has 0 radical (unpaired) electrons. The van der Waals surface area contributed by atoms with Crippen molar-refractivity contribution >= 4 is 44.4 Å². The number of rotatable bonds is 9. The topological polar surface area (TPSA) is 76.9 Å². The van der Waals surface area contributed by atoms with E-state index in [-0.39, 0.29) is 4.90 Å². The van der Waals surface area contributed by atoms with Gasteiger partial charge in [0.1, 0.15) is 0 Å². The minimum absolute atomic E-state index is 0.282. The number of aryl methyl sites for hydroxylation is 1. The van der Waals surface area contributed by atoms with Crippen LogP contribution in [0.2, 0.25) is 5.02 Å².